The van der Waals surface area contributed by atoms with Crippen LogP contribution < -0.4 is 52.6 Å². The van der Waals surface area contributed by atoms with Gasteiger partial charge < -0.3 is 147 Å². The van der Waals surface area contributed by atoms with Gasteiger partial charge in [0.2, 0.25) is 41.7 Å². The fourth-order valence-corrected chi connectivity index (χ4v) is 13.4. The summed E-state index contributed by atoms with van der Waals surface area (Å²) in [6.07, 6.45) is -31.1. The second kappa shape index (κ2) is 33.6. The Labute approximate surface area is 593 Å². The zero-order valence-electron chi connectivity index (χ0n) is 55.7. The average molecular weight is 1460 g/mol. The van der Waals surface area contributed by atoms with Crippen molar-refractivity contribution >= 4 is 47.4 Å². The van der Waals surface area contributed by atoms with Gasteiger partial charge in [-0.2, -0.15) is 0 Å². The molecule has 6 amide bonds. The van der Waals surface area contributed by atoms with Crippen LogP contribution in [-0.2, 0) is 63.6 Å². The number of aliphatic hydroxyl groups is 12. The lowest BCUT2D eigenvalue weighted by Gasteiger charge is -2.48. The highest BCUT2D eigenvalue weighted by molar-refractivity contribution is 5.98. The number of hydrogen-bond donors (Lipinski definition) is 23. The van der Waals surface area contributed by atoms with Gasteiger partial charge in [0.25, 0.3) is 0 Å². The molecule has 23 N–H and O–H groups in total. The molecule has 7 heterocycles. The highest BCUT2D eigenvalue weighted by Gasteiger charge is 2.56. The molecular weight excluding hydrogens is 1370 g/mol. The van der Waals surface area contributed by atoms with Gasteiger partial charge in [0.1, 0.15) is 121 Å². The SMILES string of the molecule is CC(c1ccccc1)C1NC(=O)CNC(=O)C(CO)NC(=O)C(C(O)C2CNC(=N)N2C2OC(CO)C(O)C(O)C2O)NC(=O)C(C(O)C2CNC(=N)N2)NC(=O)C(Cc2ccc(OC3OC(CO)C(OC4OC5COC(c6cccc(-c7ccccc7)c6)OC5C(O)C4O)C(O)C3O)cc2)NC1=O. The van der Waals surface area contributed by atoms with Crippen LogP contribution in [0.25, 0.3) is 11.1 Å². The molecular formula is C67H86N12O25. The molecule has 7 aliphatic rings. The van der Waals surface area contributed by atoms with Gasteiger partial charge >= 0.3 is 0 Å². The number of aliphatic hydroxyl groups excluding tert-OH is 12. The third-order valence-electron chi connectivity index (χ3n) is 19.3. The number of ether oxygens (including phenoxy) is 7. The number of benzene rings is 4. The van der Waals surface area contributed by atoms with Crippen LogP contribution in [-0.4, -0.2) is 306 Å². The van der Waals surface area contributed by atoms with Gasteiger partial charge in [-0.15, -0.1) is 0 Å². The first-order valence-corrected chi connectivity index (χ1v) is 33.6. The van der Waals surface area contributed by atoms with Gasteiger partial charge in [-0.25, -0.2) is 0 Å². The number of carbonyl (C=O) groups excluding carboxylic acids is 6. The molecule has 0 aromatic heterocycles. The maximum absolute atomic E-state index is 15.2. The minimum atomic E-state index is -2.36. The molecule has 0 aliphatic carbocycles. The Morgan fingerprint density at radius 1 is 0.558 bits per heavy atom. The Morgan fingerprint density at radius 2 is 1.20 bits per heavy atom. The topological polar surface area (TPSA) is 569 Å². The van der Waals surface area contributed by atoms with Crippen LogP contribution in [0, 0.1) is 10.8 Å². The Bertz CT molecular complexity index is 3670. The first-order valence-electron chi connectivity index (χ1n) is 33.6. The lowest BCUT2D eigenvalue weighted by Crippen LogP contribution is -2.69. The van der Waals surface area contributed by atoms with E-state index in [1.165, 1.54) is 24.3 Å². The van der Waals surface area contributed by atoms with E-state index >= 15 is 9.59 Å². The van der Waals surface area contributed by atoms with Gasteiger partial charge in [0.15, 0.2) is 30.7 Å². The zero-order chi connectivity index (χ0) is 74.4. The molecule has 0 radical (unpaired) electrons. The van der Waals surface area contributed by atoms with Crippen LogP contribution in [0.15, 0.2) is 109 Å². The van der Waals surface area contributed by atoms with Crippen LogP contribution in [0.4, 0.5) is 0 Å². The van der Waals surface area contributed by atoms with E-state index in [9.17, 15) is 80.5 Å². The third-order valence-corrected chi connectivity index (χ3v) is 19.3. The van der Waals surface area contributed by atoms with Crippen LogP contribution in [0.1, 0.15) is 35.8 Å². The molecule has 7 fully saturated rings. The summed E-state index contributed by atoms with van der Waals surface area (Å²) in [5.41, 5.74) is 3.19. The summed E-state index contributed by atoms with van der Waals surface area (Å²) in [5, 5.41) is 173. The van der Waals surface area contributed by atoms with Crippen LogP contribution in [0.3, 0.4) is 0 Å². The fraction of sp³-hybridized carbons (Fsp3) is 0.522. The predicted molar refractivity (Wildman–Crippen MR) is 354 cm³/mol. The number of hydrogen-bond acceptors (Lipinski definition) is 27. The van der Waals surface area contributed by atoms with Crippen molar-refractivity contribution < 1.29 is 123 Å². The van der Waals surface area contributed by atoms with E-state index in [1.807, 2.05) is 48.5 Å². The molecule has 4 aromatic carbocycles. The lowest BCUT2D eigenvalue weighted by molar-refractivity contribution is -0.383. The predicted octanol–water partition coefficient (Wildman–Crippen LogP) is -8.76. The molecule has 26 unspecified atom stereocenters. The smallest absolute Gasteiger partial charge is 0.246 e. The molecule has 11 rings (SSSR count). The summed E-state index contributed by atoms with van der Waals surface area (Å²) < 4.78 is 41.8. The molecule has 0 saturated carbocycles. The second-order valence-electron chi connectivity index (χ2n) is 26.2. The van der Waals surface area contributed by atoms with Crippen molar-refractivity contribution in [1.82, 2.24) is 52.8 Å². The Balaban J connectivity index is 0.831. The van der Waals surface area contributed by atoms with Gasteiger partial charge in [-0.3, -0.25) is 39.6 Å². The molecule has 7 saturated heterocycles. The highest BCUT2D eigenvalue weighted by Crippen LogP contribution is 2.38. The van der Waals surface area contributed by atoms with Gasteiger partial charge in [-0.05, 0) is 40.5 Å². The normalized spacial score (nSPS) is 35.6. The molecule has 0 spiro atoms. The standard InChI is InChI=1S/C67H86N12O25/c1-28(30-9-4-2-5-10-30)43-59(95)73-35(19-29-15-17-34(18-16-29)99-64-53(91)50(88)55(40(26-82)101-64)104-65-54(92)51(89)56-41(102-65)27-98-63(103-56)33-14-8-13-32(20-33)31-11-6-3-7-12-31)58(94)77-44(46(84)36-21-71-66(68)75-36)61(97)78-45(60(96)74-37(24-80)57(93)70-23-42(83)76-43)47(85)38-22-72-67(69)79(38)62-52(90)49(87)48(86)39(25-81)100-62/h2-18,20,28,35-41,43-56,62-65,80-82,84-92H,19,21-27H2,1H3,(H2,69,72)(H,70,93)(H,73,95)(H,74,96)(H,76,83)(H,77,94)(H,78,97)(H3,68,71,75). The summed E-state index contributed by atoms with van der Waals surface area (Å²) >= 11 is 0. The van der Waals surface area contributed by atoms with Crippen molar-refractivity contribution in [3.05, 3.63) is 126 Å². The largest absolute Gasteiger partial charge is 0.462 e. The van der Waals surface area contributed by atoms with E-state index in [0.29, 0.717) is 11.1 Å². The van der Waals surface area contributed by atoms with Crippen LogP contribution >= 0.6 is 0 Å². The monoisotopic (exact) mass is 1460 g/mol. The number of fused-ring (bicyclic) bond motifs is 1. The van der Waals surface area contributed by atoms with Crippen molar-refractivity contribution in [2.75, 3.05) is 46.1 Å². The van der Waals surface area contributed by atoms with Gasteiger partial charge in [0.05, 0.1) is 45.1 Å². The quantitative estimate of drug-likeness (QED) is 0.0440. The second-order valence-corrected chi connectivity index (χ2v) is 26.2. The van der Waals surface area contributed by atoms with Gasteiger partial charge in [0, 0.05) is 31.0 Å². The number of guanidine groups is 2. The number of amides is 6. The molecule has 4 aromatic rings. The van der Waals surface area contributed by atoms with Gasteiger partial charge in [-0.1, -0.05) is 97.9 Å². The first kappa shape index (κ1) is 76.4. The van der Waals surface area contributed by atoms with E-state index in [-0.39, 0.29) is 30.4 Å². The summed E-state index contributed by atoms with van der Waals surface area (Å²) in [5.74, 6) is -9.23. The molecule has 0 bridgehead atoms. The Hall–Kier alpha value is -8.68. The Kier molecular flexibility index (Phi) is 24.7. The van der Waals surface area contributed by atoms with E-state index in [2.05, 4.69) is 47.9 Å². The summed E-state index contributed by atoms with van der Waals surface area (Å²) in [6, 6.07) is 17.9. The van der Waals surface area contributed by atoms with E-state index in [4.69, 9.17) is 44.0 Å². The van der Waals surface area contributed by atoms with Crippen molar-refractivity contribution in [1.29, 1.82) is 10.8 Å². The van der Waals surface area contributed by atoms with E-state index < -0.39 is 239 Å². The maximum Gasteiger partial charge on any atom is 0.246 e. The van der Waals surface area contributed by atoms with Crippen molar-refractivity contribution in [2.45, 2.75) is 172 Å². The molecule has 26 atom stereocenters. The molecule has 37 nitrogen and oxygen atoms in total. The van der Waals surface area contributed by atoms with Crippen molar-refractivity contribution in [3.8, 4) is 16.9 Å². The molecule has 564 valence electrons. The van der Waals surface area contributed by atoms with Crippen molar-refractivity contribution in [3.63, 3.8) is 0 Å². The summed E-state index contributed by atoms with van der Waals surface area (Å²) in [4.78, 5) is 88.5. The summed E-state index contributed by atoms with van der Waals surface area (Å²) in [6.45, 7) is -3.14. The van der Waals surface area contributed by atoms with Crippen molar-refractivity contribution in [2.24, 2.45) is 0 Å². The fourth-order valence-electron chi connectivity index (χ4n) is 13.4. The molecule has 37 heteroatoms. The maximum atomic E-state index is 15.2. The zero-order valence-corrected chi connectivity index (χ0v) is 55.7. The first-order chi connectivity index (χ1) is 49.9. The highest BCUT2D eigenvalue weighted by atomic mass is 16.8. The Morgan fingerprint density at radius 3 is 1.88 bits per heavy atom. The third kappa shape index (κ3) is 16.8. The van der Waals surface area contributed by atoms with Crippen LogP contribution in [0.5, 0.6) is 5.75 Å². The lowest BCUT2D eigenvalue weighted by atomic mass is 9.92. The number of rotatable bonds is 18. The minimum Gasteiger partial charge on any atom is -0.462 e. The van der Waals surface area contributed by atoms with E-state index in [1.54, 1.807) is 43.3 Å². The average Bonchev–Trinajstić information content (AvgIpc) is 1.37. The summed E-state index contributed by atoms with van der Waals surface area (Å²) in [7, 11) is 0. The minimum absolute atomic E-state index is 0.0517. The number of nitrogens with one attached hydrogen (secondary N) is 11. The van der Waals surface area contributed by atoms with E-state index in [0.717, 1.165) is 16.0 Å². The van der Waals surface area contributed by atoms with Crippen LogP contribution in [0.2, 0.25) is 0 Å². The molecule has 7 aliphatic heterocycles. The molecule has 104 heavy (non-hydrogen) atoms. The number of nitrogens with zero attached hydrogens (tertiary/aromatic N) is 1. The number of carbonyl (C=O) groups is 6.